The predicted octanol–water partition coefficient (Wildman–Crippen LogP) is 3.91. The van der Waals surface area contributed by atoms with E-state index in [0.29, 0.717) is 31.4 Å². The summed E-state index contributed by atoms with van der Waals surface area (Å²) in [5.41, 5.74) is 1.20. The summed E-state index contributed by atoms with van der Waals surface area (Å²) in [6.45, 7) is 0. The lowest BCUT2D eigenvalue weighted by Crippen LogP contribution is -2.51. The van der Waals surface area contributed by atoms with Crippen molar-refractivity contribution in [1.29, 1.82) is 0 Å². The summed E-state index contributed by atoms with van der Waals surface area (Å²) in [6, 6.07) is 14.8. The molecular weight excluding hydrogens is 558 g/mol. The Morgan fingerprint density at radius 1 is 0.900 bits per heavy atom. The Morgan fingerprint density at radius 3 is 2.23 bits per heavy atom. The molecule has 1 saturated heterocycles. The smallest absolute Gasteiger partial charge is 0.273 e. The lowest BCUT2D eigenvalue weighted by atomic mass is 10.1. The number of benzene rings is 3. The third kappa shape index (κ3) is 4.30. The van der Waals surface area contributed by atoms with Crippen LogP contribution in [0.25, 0.3) is 16.3 Å². The first-order valence-electron chi connectivity index (χ1n) is 11.4. The first-order valence-corrected chi connectivity index (χ1v) is 13.1. The van der Waals surface area contributed by atoms with E-state index in [1.165, 1.54) is 29.5 Å². The molecule has 0 radical (unpaired) electrons. The van der Waals surface area contributed by atoms with Crippen LogP contribution in [0, 0.1) is 10.1 Å². The number of carbonyl (C=O) groups excluding carboxylic acids is 5. The number of amides is 6. The van der Waals surface area contributed by atoms with Crippen molar-refractivity contribution in [2.75, 3.05) is 4.90 Å². The van der Waals surface area contributed by atoms with Crippen LogP contribution in [0.5, 0.6) is 0 Å². The molecule has 0 saturated carbocycles. The van der Waals surface area contributed by atoms with E-state index in [1.54, 1.807) is 42.5 Å². The van der Waals surface area contributed by atoms with E-state index in [4.69, 9.17) is 0 Å². The van der Waals surface area contributed by atoms with Gasteiger partial charge in [-0.2, -0.15) is 0 Å². The van der Waals surface area contributed by atoms with Crippen LogP contribution in [-0.2, 0) is 9.59 Å². The van der Waals surface area contributed by atoms with E-state index in [-0.39, 0.29) is 21.7 Å². The second-order valence-corrected chi connectivity index (χ2v) is 10.8. The van der Waals surface area contributed by atoms with E-state index in [9.17, 15) is 34.1 Å². The van der Waals surface area contributed by atoms with Crippen molar-refractivity contribution in [3.05, 3.63) is 93.0 Å². The Bertz CT molecular complexity index is 1820. The highest BCUT2D eigenvalue weighted by molar-refractivity contribution is 8.01. The number of barbiturate groups is 1. The molecule has 40 heavy (non-hydrogen) atoms. The number of aromatic nitrogens is 1. The van der Waals surface area contributed by atoms with E-state index < -0.39 is 34.6 Å². The average molecular weight is 572 g/mol. The van der Waals surface area contributed by atoms with Crippen molar-refractivity contribution < 1.29 is 28.9 Å². The van der Waals surface area contributed by atoms with Gasteiger partial charge in [-0.15, -0.1) is 11.3 Å². The van der Waals surface area contributed by atoms with E-state index in [2.05, 4.69) is 4.98 Å². The fourth-order valence-corrected chi connectivity index (χ4v) is 6.36. The summed E-state index contributed by atoms with van der Waals surface area (Å²) in [7, 11) is 0. The third-order valence-electron chi connectivity index (χ3n) is 6.04. The van der Waals surface area contributed by atoms with Crippen LogP contribution in [0.4, 0.5) is 16.2 Å². The Morgan fingerprint density at radius 2 is 1.57 bits per heavy atom. The maximum Gasteiger partial charge on any atom is 0.328 e. The zero-order valence-corrected chi connectivity index (χ0v) is 21.5. The van der Waals surface area contributed by atoms with Crippen LogP contribution in [0.15, 0.2) is 75.5 Å². The summed E-state index contributed by atoms with van der Waals surface area (Å²) in [5.74, 6) is -2.66. The maximum atomic E-state index is 12.9. The predicted molar refractivity (Wildman–Crippen MR) is 144 cm³/mol. The highest BCUT2D eigenvalue weighted by atomic mass is 32.2. The Labute approximate surface area is 231 Å². The van der Waals surface area contributed by atoms with Gasteiger partial charge in [0, 0.05) is 6.07 Å². The van der Waals surface area contributed by atoms with Gasteiger partial charge in [0.25, 0.3) is 29.3 Å². The van der Waals surface area contributed by atoms with E-state index >= 15 is 0 Å². The molecule has 14 heteroatoms. The molecule has 0 aliphatic carbocycles. The number of nitrogens with one attached hydrogen (secondary N) is 2. The summed E-state index contributed by atoms with van der Waals surface area (Å²) in [5, 5.41) is 15.7. The second kappa shape index (κ2) is 9.52. The van der Waals surface area contributed by atoms with Gasteiger partial charge >= 0.3 is 6.03 Å². The molecule has 2 aliphatic heterocycles. The van der Waals surface area contributed by atoms with Crippen molar-refractivity contribution in [3.8, 4) is 0 Å². The van der Waals surface area contributed by atoms with Gasteiger partial charge in [-0.1, -0.05) is 30.0 Å². The molecule has 4 aromatic rings. The Balaban J connectivity index is 1.29. The van der Waals surface area contributed by atoms with Crippen molar-refractivity contribution >= 4 is 80.4 Å². The zero-order chi connectivity index (χ0) is 28.1. The number of thiazole rings is 1. The molecule has 3 heterocycles. The minimum absolute atomic E-state index is 0.209. The number of hydrogen-bond donors (Lipinski definition) is 2. The van der Waals surface area contributed by atoms with Crippen molar-refractivity contribution in [3.63, 3.8) is 0 Å². The number of urea groups is 1. The minimum atomic E-state index is -0.948. The van der Waals surface area contributed by atoms with Crippen LogP contribution in [-0.4, -0.2) is 39.6 Å². The molecule has 12 nitrogen and oxygen atoms in total. The molecule has 0 unspecified atom stereocenters. The van der Waals surface area contributed by atoms with Gasteiger partial charge in [0.15, 0.2) is 4.34 Å². The van der Waals surface area contributed by atoms with Gasteiger partial charge in [0.1, 0.15) is 5.57 Å². The number of nitro benzene ring substituents is 1. The van der Waals surface area contributed by atoms with Gasteiger partial charge < -0.3 is 0 Å². The minimum Gasteiger partial charge on any atom is -0.273 e. The Hall–Kier alpha value is -5.21. The first-order chi connectivity index (χ1) is 19.2. The maximum absolute atomic E-state index is 12.9. The number of carbonyl (C=O) groups is 5. The van der Waals surface area contributed by atoms with Crippen LogP contribution in [0.1, 0.15) is 26.3 Å². The summed E-state index contributed by atoms with van der Waals surface area (Å²) < 4.78 is 1.15. The number of rotatable bonds is 5. The SMILES string of the molecule is O=C1NC(=O)C(=Cc2ccc(Sc3nc4ccc(N5C(=O)c6ccccc6C5=O)cc4s3)c([N+](=O)[O-])c2)C(=O)N1. The number of imide groups is 3. The monoisotopic (exact) mass is 571 g/mol. The third-order valence-corrected chi connectivity index (χ3v) is 8.18. The zero-order valence-electron chi connectivity index (χ0n) is 19.9. The van der Waals surface area contributed by atoms with E-state index in [1.807, 2.05) is 10.6 Å². The molecule has 6 rings (SSSR count). The fourth-order valence-electron chi connectivity index (χ4n) is 4.22. The molecule has 0 atom stereocenters. The van der Waals surface area contributed by atoms with Crippen LogP contribution in [0.3, 0.4) is 0 Å². The summed E-state index contributed by atoms with van der Waals surface area (Å²) in [6.07, 6.45) is 1.15. The van der Waals surface area contributed by atoms with Gasteiger partial charge in [-0.25, -0.2) is 14.7 Å². The summed E-state index contributed by atoms with van der Waals surface area (Å²) in [4.78, 5) is 78.1. The van der Waals surface area contributed by atoms with E-state index in [0.717, 1.165) is 22.7 Å². The second-order valence-electron chi connectivity index (χ2n) is 8.50. The summed E-state index contributed by atoms with van der Waals surface area (Å²) >= 11 is 2.28. The van der Waals surface area contributed by atoms with Crippen LogP contribution >= 0.6 is 23.1 Å². The highest BCUT2D eigenvalue weighted by Crippen LogP contribution is 2.40. The standard InChI is InChI=1S/C26H13N5O7S2/c32-21-16(22(33)29-25(36)28-21)9-12-5-8-19(18(10-12)31(37)38)39-26-27-17-7-6-13(11-20(17)40-26)30-23(34)14-3-1-2-4-15(14)24(30)35/h1-11H,(H2,28,29,32,33,36). The molecule has 2 aliphatic rings. The molecule has 1 fully saturated rings. The number of nitrogens with zero attached hydrogens (tertiary/aromatic N) is 3. The number of nitro groups is 1. The Kier molecular flexibility index (Phi) is 5.97. The molecular formula is C26H13N5O7S2. The van der Waals surface area contributed by atoms with Crippen LogP contribution in [0.2, 0.25) is 0 Å². The lowest BCUT2D eigenvalue weighted by Gasteiger charge is -2.13. The molecule has 0 spiro atoms. The number of hydrogen-bond acceptors (Lipinski definition) is 10. The van der Waals surface area contributed by atoms with Gasteiger partial charge in [-0.05, 0) is 48.0 Å². The largest absolute Gasteiger partial charge is 0.328 e. The van der Waals surface area contributed by atoms with Crippen molar-refractivity contribution in [2.45, 2.75) is 9.24 Å². The van der Waals surface area contributed by atoms with Gasteiger partial charge in [0.05, 0.1) is 36.8 Å². The molecule has 6 amide bonds. The fraction of sp³-hybridized carbons (Fsp3) is 0. The average Bonchev–Trinajstić information content (AvgIpc) is 3.43. The normalized spacial score (nSPS) is 14.8. The topological polar surface area (TPSA) is 169 Å². The molecule has 0 bridgehead atoms. The first kappa shape index (κ1) is 25.1. The van der Waals surface area contributed by atoms with Crippen LogP contribution < -0.4 is 15.5 Å². The van der Waals surface area contributed by atoms with Crippen molar-refractivity contribution in [2.24, 2.45) is 0 Å². The number of anilines is 1. The quantitative estimate of drug-likeness (QED) is 0.119. The molecule has 196 valence electrons. The molecule has 1 aromatic heterocycles. The number of fused-ring (bicyclic) bond motifs is 2. The van der Waals surface area contributed by atoms with Crippen molar-refractivity contribution in [1.82, 2.24) is 15.6 Å². The molecule has 3 aromatic carbocycles. The molecule has 2 N–H and O–H groups in total. The highest BCUT2D eigenvalue weighted by Gasteiger charge is 2.36. The van der Waals surface area contributed by atoms with Gasteiger partial charge in [-0.3, -0.25) is 39.9 Å². The lowest BCUT2D eigenvalue weighted by molar-refractivity contribution is -0.387. The van der Waals surface area contributed by atoms with Gasteiger partial charge in [0.2, 0.25) is 0 Å².